The van der Waals surface area contributed by atoms with E-state index in [9.17, 15) is 4.79 Å². The smallest absolute Gasteiger partial charge is 0.151 e. The molecule has 0 N–H and O–H groups in total. The van der Waals surface area contributed by atoms with Gasteiger partial charge in [0.1, 0.15) is 12.2 Å². The van der Waals surface area contributed by atoms with Gasteiger partial charge in [0.2, 0.25) is 0 Å². The number of hydrogen-bond donors (Lipinski definition) is 0. The van der Waals surface area contributed by atoms with Gasteiger partial charge in [0, 0.05) is 0 Å². The molecule has 0 heterocycles. The highest BCUT2D eigenvalue weighted by atomic mass is 16.6. The standard InChI is InChI=1S/C25H26O4/c26-16-24(28-18-22-12-6-2-7-13-22)25(29-19-23-14-8-3-9-15-23)20-27-17-21-10-4-1-5-11-21/h1-16,24-25H,17-20H2/t24-,25+/m0/s1. The van der Waals surface area contributed by atoms with Crippen molar-refractivity contribution in [1.29, 1.82) is 0 Å². The van der Waals surface area contributed by atoms with Crippen molar-refractivity contribution in [3.05, 3.63) is 108 Å². The maximum atomic E-state index is 11.8. The van der Waals surface area contributed by atoms with Crippen LogP contribution in [0.15, 0.2) is 91.0 Å². The van der Waals surface area contributed by atoms with Crippen molar-refractivity contribution in [3.63, 3.8) is 0 Å². The third-order valence-corrected chi connectivity index (χ3v) is 4.49. The van der Waals surface area contributed by atoms with Crippen molar-refractivity contribution in [2.45, 2.75) is 32.0 Å². The van der Waals surface area contributed by atoms with Crippen molar-refractivity contribution in [1.82, 2.24) is 0 Å². The van der Waals surface area contributed by atoms with Gasteiger partial charge < -0.3 is 19.0 Å². The lowest BCUT2D eigenvalue weighted by atomic mass is 10.2. The number of aldehydes is 1. The summed E-state index contributed by atoms with van der Waals surface area (Å²) in [5.41, 5.74) is 3.11. The fourth-order valence-corrected chi connectivity index (χ4v) is 2.88. The fraction of sp³-hybridized carbons (Fsp3) is 0.240. The molecule has 4 heteroatoms. The number of hydrogen-bond acceptors (Lipinski definition) is 4. The van der Waals surface area contributed by atoms with Crippen molar-refractivity contribution >= 4 is 6.29 Å². The summed E-state index contributed by atoms with van der Waals surface area (Å²) in [7, 11) is 0. The van der Waals surface area contributed by atoms with Crippen LogP contribution in [-0.2, 0) is 38.8 Å². The molecule has 0 aliphatic rings. The molecule has 0 unspecified atom stereocenters. The molecule has 29 heavy (non-hydrogen) atoms. The maximum absolute atomic E-state index is 11.8. The van der Waals surface area contributed by atoms with Gasteiger partial charge in [-0.25, -0.2) is 0 Å². The van der Waals surface area contributed by atoms with Crippen molar-refractivity contribution in [3.8, 4) is 0 Å². The van der Waals surface area contributed by atoms with E-state index in [2.05, 4.69) is 0 Å². The molecule has 0 spiro atoms. The van der Waals surface area contributed by atoms with Gasteiger partial charge in [0.05, 0.1) is 26.4 Å². The summed E-state index contributed by atoms with van der Waals surface area (Å²) in [5, 5.41) is 0. The fourth-order valence-electron chi connectivity index (χ4n) is 2.88. The molecule has 0 saturated heterocycles. The van der Waals surface area contributed by atoms with Gasteiger partial charge >= 0.3 is 0 Å². The highest BCUT2D eigenvalue weighted by Gasteiger charge is 2.23. The monoisotopic (exact) mass is 390 g/mol. The quantitative estimate of drug-likeness (QED) is 0.425. The van der Waals surface area contributed by atoms with E-state index in [1.54, 1.807) is 0 Å². The van der Waals surface area contributed by atoms with Crippen molar-refractivity contribution in [2.24, 2.45) is 0 Å². The van der Waals surface area contributed by atoms with Crippen LogP contribution in [0, 0.1) is 0 Å². The molecule has 3 aromatic carbocycles. The Kier molecular flexibility index (Phi) is 8.60. The predicted molar refractivity (Wildman–Crippen MR) is 112 cm³/mol. The summed E-state index contributed by atoms with van der Waals surface area (Å²) in [6.45, 7) is 1.45. The molecule has 0 fully saturated rings. The van der Waals surface area contributed by atoms with Gasteiger partial charge in [-0.05, 0) is 16.7 Å². The summed E-state index contributed by atoms with van der Waals surface area (Å²) < 4.78 is 17.7. The van der Waals surface area contributed by atoms with Crippen LogP contribution >= 0.6 is 0 Å². The zero-order chi connectivity index (χ0) is 20.2. The number of carbonyl (C=O) groups excluding carboxylic acids is 1. The Hall–Kier alpha value is -2.79. The molecule has 3 rings (SSSR count). The third kappa shape index (κ3) is 7.27. The Morgan fingerprint density at radius 3 is 1.55 bits per heavy atom. The Morgan fingerprint density at radius 1 is 0.621 bits per heavy atom. The topological polar surface area (TPSA) is 44.8 Å². The second-order valence-corrected chi connectivity index (χ2v) is 6.73. The van der Waals surface area contributed by atoms with Gasteiger partial charge in [0.15, 0.2) is 6.29 Å². The summed E-state index contributed by atoms with van der Waals surface area (Å²) >= 11 is 0. The van der Waals surface area contributed by atoms with Crippen molar-refractivity contribution < 1.29 is 19.0 Å². The molecule has 0 saturated carbocycles. The van der Waals surface area contributed by atoms with Gasteiger partial charge in [0.25, 0.3) is 0 Å². The van der Waals surface area contributed by atoms with Crippen LogP contribution in [0.4, 0.5) is 0 Å². The average molecular weight is 390 g/mol. The first-order valence-electron chi connectivity index (χ1n) is 9.73. The summed E-state index contributed by atoms with van der Waals surface area (Å²) in [6, 6.07) is 29.5. The van der Waals surface area contributed by atoms with Gasteiger partial charge in [-0.2, -0.15) is 0 Å². The number of benzene rings is 3. The number of carbonyl (C=O) groups is 1. The van der Waals surface area contributed by atoms with E-state index in [4.69, 9.17) is 14.2 Å². The molecule has 150 valence electrons. The Balaban J connectivity index is 1.59. The number of rotatable bonds is 12. The lowest BCUT2D eigenvalue weighted by molar-refractivity contribution is -0.141. The average Bonchev–Trinajstić information content (AvgIpc) is 2.79. The molecular formula is C25H26O4. The Labute approximate surface area is 172 Å². The van der Waals surface area contributed by atoms with E-state index in [0.29, 0.717) is 19.8 Å². The minimum atomic E-state index is -0.713. The van der Waals surface area contributed by atoms with Crippen LogP contribution < -0.4 is 0 Å². The van der Waals surface area contributed by atoms with E-state index in [0.717, 1.165) is 23.0 Å². The first-order valence-corrected chi connectivity index (χ1v) is 9.73. The first-order chi connectivity index (χ1) is 14.3. The summed E-state index contributed by atoms with van der Waals surface area (Å²) in [5.74, 6) is 0. The summed E-state index contributed by atoms with van der Waals surface area (Å²) in [4.78, 5) is 11.8. The molecule has 4 nitrogen and oxygen atoms in total. The van der Waals surface area contributed by atoms with Crippen LogP contribution in [-0.4, -0.2) is 25.1 Å². The molecule has 0 aliphatic heterocycles. The third-order valence-electron chi connectivity index (χ3n) is 4.49. The first kappa shape index (κ1) is 20.9. The van der Waals surface area contributed by atoms with E-state index in [1.165, 1.54) is 0 Å². The summed E-state index contributed by atoms with van der Waals surface area (Å²) in [6.07, 6.45) is -0.417. The molecule has 0 aliphatic carbocycles. The Bertz CT molecular complexity index is 821. The zero-order valence-corrected chi connectivity index (χ0v) is 16.4. The Morgan fingerprint density at radius 2 is 1.07 bits per heavy atom. The predicted octanol–water partition coefficient (Wildman–Crippen LogP) is 4.57. The van der Waals surface area contributed by atoms with E-state index in [1.807, 2.05) is 91.0 Å². The maximum Gasteiger partial charge on any atom is 0.151 e. The second kappa shape index (κ2) is 11.9. The highest BCUT2D eigenvalue weighted by Crippen LogP contribution is 2.12. The second-order valence-electron chi connectivity index (χ2n) is 6.73. The lowest BCUT2D eigenvalue weighted by Gasteiger charge is -2.24. The normalized spacial score (nSPS) is 13.0. The lowest BCUT2D eigenvalue weighted by Crippen LogP contribution is -2.36. The van der Waals surface area contributed by atoms with Crippen LogP contribution in [0.1, 0.15) is 16.7 Å². The van der Waals surface area contributed by atoms with E-state index < -0.39 is 12.2 Å². The zero-order valence-electron chi connectivity index (χ0n) is 16.4. The molecular weight excluding hydrogens is 364 g/mol. The molecule has 0 amide bonds. The van der Waals surface area contributed by atoms with Crippen LogP contribution in [0.3, 0.4) is 0 Å². The van der Waals surface area contributed by atoms with Crippen LogP contribution in [0.5, 0.6) is 0 Å². The molecule has 2 atom stereocenters. The van der Waals surface area contributed by atoms with Crippen LogP contribution in [0.2, 0.25) is 0 Å². The molecule has 3 aromatic rings. The van der Waals surface area contributed by atoms with Gasteiger partial charge in [-0.3, -0.25) is 0 Å². The largest absolute Gasteiger partial charge is 0.374 e. The molecule has 0 radical (unpaired) electrons. The highest BCUT2D eigenvalue weighted by molar-refractivity contribution is 5.57. The molecule has 0 bridgehead atoms. The number of ether oxygens (including phenoxy) is 3. The van der Waals surface area contributed by atoms with Gasteiger partial charge in [-0.1, -0.05) is 91.0 Å². The van der Waals surface area contributed by atoms with Crippen LogP contribution in [0.25, 0.3) is 0 Å². The van der Waals surface area contributed by atoms with Crippen molar-refractivity contribution in [2.75, 3.05) is 6.61 Å². The van der Waals surface area contributed by atoms with Gasteiger partial charge in [-0.15, -0.1) is 0 Å². The minimum Gasteiger partial charge on any atom is -0.374 e. The molecule has 0 aromatic heterocycles. The minimum absolute atomic E-state index is 0.264. The van der Waals surface area contributed by atoms with E-state index in [-0.39, 0.29) is 6.61 Å². The SMILES string of the molecule is O=C[C@H](OCc1ccccc1)[C@@H](COCc1ccccc1)OCc1ccccc1. The van der Waals surface area contributed by atoms with E-state index >= 15 is 0 Å².